The molecule has 1 N–H and O–H groups in total. The van der Waals surface area contributed by atoms with Gasteiger partial charge in [-0.3, -0.25) is 4.79 Å². The summed E-state index contributed by atoms with van der Waals surface area (Å²) in [7, 11) is 0. The molecule has 3 heteroatoms. The highest BCUT2D eigenvalue weighted by atomic mass is 16.3. The van der Waals surface area contributed by atoms with Crippen LogP contribution in [-0.2, 0) is 6.42 Å². The average molecular weight is 271 g/mol. The van der Waals surface area contributed by atoms with E-state index in [0.717, 1.165) is 17.7 Å². The highest BCUT2D eigenvalue weighted by Gasteiger charge is 2.16. The van der Waals surface area contributed by atoms with Crippen LogP contribution in [0.5, 0.6) is 0 Å². The Hall–Kier alpha value is -2.03. The van der Waals surface area contributed by atoms with Crippen LogP contribution in [0.2, 0.25) is 0 Å². The molecular formula is C17H21NO2. The third kappa shape index (κ3) is 3.10. The predicted octanol–water partition coefficient (Wildman–Crippen LogP) is 3.95. The molecule has 0 aliphatic carbocycles. The zero-order valence-corrected chi connectivity index (χ0v) is 12.5. The van der Waals surface area contributed by atoms with Gasteiger partial charge in [-0.25, -0.2) is 0 Å². The molecule has 0 aliphatic rings. The average Bonchev–Trinajstić information content (AvgIpc) is 2.78. The Morgan fingerprint density at radius 1 is 1.25 bits per heavy atom. The van der Waals surface area contributed by atoms with Gasteiger partial charge >= 0.3 is 0 Å². The molecule has 1 aromatic heterocycles. The van der Waals surface area contributed by atoms with E-state index >= 15 is 0 Å². The maximum Gasteiger partial charge on any atom is 0.255 e. The van der Waals surface area contributed by atoms with Gasteiger partial charge in [0.05, 0.1) is 11.6 Å². The van der Waals surface area contributed by atoms with Gasteiger partial charge in [0.15, 0.2) is 0 Å². The Labute approximate surface area is 120 Å². The van der Waals surface area contributed by atoms with Gasteiger partial charge in [-0.15, -0.1) is 0 Å². The van der Waals surface area contributed by atoms with Gasteiger partial charge in [0.25, 0.3) is 5.91 Å². The Morgan fingerprint density at radius 2 is 1.90 bits per heavy atom. The van der Waals surface area contributed by atoms with E-state index in [1.807, 2.05) is 20.8 Å². The van der Waals surface area contributed by atoms with Crippen LogP contribution >= 0.6 is 0 Å². The zero-order chi connectivity index (χ0) is 14.7. The van der Waals surface area contributed by atoms with Crippen molar-refractivity contribution in [3.63, 3.8) is 0 Å². The lowest BCUT2D eigenvalue weighted by molar-refractivity contribution is 0.0938. The minimum Gasteiger partial charge on any atom is -0.466 e. The van der Waals surface area contributed by atoms with E-state index in [0.29, 0.717) is 11.3 Å². The molecule has 1 heterocycles. The lowest BCUT2D eigenvalue weighted by atomic mass is 10.0. The van der Waals surface area contributed by atoms with Crippen LogP contribution in [0.1, 0.15) is 52.9 Å². The van der Waals surface area contributed by atoms with Crippen molar-refractivity contribution in [1.82, 2.24) is 5.32 Å². The first-order valence-corrected chi connectivity index (χ1v) is 6.98. The molecule has 1 amide bonds. The minimum atomic E-state index is -0.0913. The third-order valence-corrected chi connectivity index (χ3v) is 3.52. The lowest BCUT2D eigenvalue weighted by Crippen LogP contribution is -2.26. The summed E-state index contributed by atoms with van der Waals surface area (Å²) in [5, 5.41) is 3.01. The molecule has 0 radical (unpaired) electrons. The number of hydrogen-bond acceptors (Lipinski definition) is 2. The van der Waals surface area contributed by atoms with Crippen molar-refractivity contribution < 1.29 is 9.21 Å². The lowest BCUT2D eigenvalue weighted by Gasteiger charge is -2.14. The van der Waals surface area contributed by atoms with Crippen molar-refractivity contribution in [3.8, 4) is 0 Å². The highest BCUT2D eigenvalue weighted by molar-refractivity contribution is 5.95. The van der Waals surface area contributed by atoms with Gasteiger partial charge in [0.2, 0.25) is 0 Å². The molecule has 0 unspecified atom stereocenters. The summed E-state index contributed by atoms with van der Waals surface area (Å²) in [5.74, 6) is 1.33. The number of carbonyl (C=O) groups is 1. The van der Waals surface area contributed by atoms with Crippen molar-refractivity contribution >= 4 is 5.91 Å². The maximum absolute atomic E-state index is 12.2. The fraction of sp³-hybridized carbons (Fsp3) is 0.353. The molecule has 0 fully saturated rings. The van der Waals surface area contributed by atoms with Crippen LogP contribution in [0.15, 0.2) is 34.7 Å². The second-order valence-corrected chi connectivity index (χ2v) is 5.12. The van der Waals surface area contributed by atoms with E-state index < -0.39 is 0 Å². The van der Waals surface area contributed by atoms with Crippen LogP contribution in [0, 0.1) is 13.8 Å². The fourth-order valence-corrected chi connectivity index (χ4v) is 2.26. The fourth-order valence-electron chi connectivity index (χ4n) is 2.26. The summed E-state index contributed by atoms with van der Waals surface area (Å²) in [5.41, 5.74) is 3.02. The van der Waals surface area contributed by atoms with Gasteiger partial charge in [-0.1, -0.05) is 31.2 Å². The van der Waals surface area contributed by atoms with Crippen LogP contribution < -0.4 is 5.32 Å². The number of benzene rings is 1. The Bertz CT molecular complexity index is 596. The van der Waals surface area contributed by atoms with Gasteiger partial charge in [0.1, 0.15) is 11.5 Å². The van der Waals surface area contributed by atoms with E-state index in [9.17, 15) is 4.79 Å². The van der Waals surface area contributed by atoms with Crippen molar-refractivity contribution in [2.24, 2.45) is 0 Å². The van der Waals surface area contributed by atoms with Crippen molar-refractivity contribution in [2.45, 2.75) is 40.2 Å². The maximum atomic E-state index is 12.2. The van der Waals surface area contributed by atoms with Crippen molar-refractivity contribution in [3.05, 3.63) is 58.5 Å². The number of rotatable bonds is 4. The minimum absolute atomic E-state index is 0.0250. The van der Waals surface area contributed by atoms with E-state index in [1.54, 1.807) is 6.07 Å². The smallest absolute Gasteiger partial charge is 0.255 e. The molecule has 106 valence electrons. The van der Waals surface area contributed by atoms with Gasteiger partial charge in [-0.05, 0) is 44.4 Å². The van der Waals surface area contributed by atoms with Gasteiger partial charge < -0.3 is 9.73 Å². The predicted molar refractivity (Wildman–Crippen MR) is 79.9 cm³/mol. The van der Waals surface area contributed by atoms with E-state index in [1.165, 1.54) is 5.56 Å². The number of nitrogens with one attached hydrogen (secondary N) is 1. The quantitative estimate of drug-likeness (QED) is 0.914. The normalized spacial score (nSPS) is 12.2. The Kier molecular flexibility index (Phi) is 4.28. The SMILES string of the molecule is CCc1ccc([C@@H](C)NC(=O)c2cc(C)oc2C)cc1. The summed E-state index contributed by atoms with van der Waals surface area (Å²) < 4.78 is 5.39. The summed E-state index contributed by atoms with van der Waals surface area (Å²) >= 11 is 0. The third-order valence-electron chi connectivity index (χ3n) is 3.52. The molecule has 2 aromatic rings. The van der Waals surface area contributed by atoms with Crippen LogP contribution in [0.4, 0.5) is 0 Å². The second-order valence-electron chi connectivity index (χ2n) is 5.12. The molecule has 0 spiro atoms. The highest BCUT2D eigenvalue weighted by Crippen LogP contribution is 2.17. The van der Waals surface area contributed by atoms with E-state index in [-0.39, 0.29) is 11.9 Å². The molecule has 0 bridgehead atoms. The number of carbonyl (C=O) groups excluding carboxylic acids is 1. The summed E-state index contributed by atoms with van der Waals surface area (Å²) in [6.45, 7) is 7.77. The molecule has 1 atom stereocenters. The molecule has 3 nitrogen and oxygen atoms in total. The van der Waals surface area contributed by atoms with Crippen molar-refractivity contribution in [1.29, 1.82) is 0 Å². The summed E-state index contributed by atoms with van der Waals surface area (Å²) in [4.78, 5) is 12.2. The summed E-state index contributed by atoms with van der Waals surface area (Å²) in [6, 6.07) is 10.1. The topological polar surface area (TPSA) is 42.2 Å². The monoisotopic (exact) mass is 271 g/mol. The van der Waals surface area contributed by atoms with E-state index in [4.69, 9.17) is 4.42 Å². The van der Waals surface area contributed by atoms with Crippen LogP contribution in [-0.4, -0.2) is 5.91 Å². The molecule has 0 aliphatic heterocycles. The first kappa shape index (κ1) is 14.4. The molecule has 1 aromatic carbocycles. The number of amides is 1. The van der Waals surface area contributed by atoms with Crippen LogP contribution in [0.25, 0.3) is 0 Å². The van der Waals surface area contributed by atoms with E-state index in [2.05, 4.69) is 36.5 Å². The van der Waals surface area contributed by atoms with Gasteiger partial charge in [0, 0.05) is 0 Å². The van der Waals surface area contributed by atoms with Crippen molar-refractivity contribution in [2.75, 3.05) is 0 Å². The Morgan fingerprint density at radius 3 is 2.40 bits per heavy atom. The number of hydrogen-bond donors (Lipinski definition) is 1. The zero-order valence-electron chi connectivity index (χ0n) is 12.5. The largest absolute Gasteiger partial charge is 0.466 e. The standard InChI is InChI=1S/C17H21NO2/c1-5-14-6-8-15(9-7-14)12(3)18-17(19)16-10-11(2)20-13(16)4/h6-10,12H,5H2,1-4H3,(H,18,19)/t12-/m1/s1. The first-order chi connectivity index (χ1) is 9.51. The Balaban J connectivity index is 2.08. The van der Waals surface area contributed by atoms with Crippen LogP contribution in [0.3, 0.4) is 0 Å². The van der Waals surface area contributed by atoms with Gasteiger partial charge in [-0.2, -0.15) is 0 Å². The number of furan rings is 1. The molecule has 2 rings (SSSR count). The molecule has 0 saturated carbocycles. The summed E-state index contributed by atoms with van der Waals surface area (Å²) in [6.07, 6.45) is 1.02. The molecule has 20 heavy (non-hydrogen) atoms. The molecular weight excluding hydrogens is 250 g/mol. The number of aryl methyl sites for hydroxylation is 3. The first-order valence-electron chi connectivity index (χ1n) is 6.98. The second kappa shape index (κ2) is 5.95. The molecule has 0 saturated heterocycles.